The molecule has 0 unspecified atom stereocenters. The number of pyridine rings is 2. The van der Waals surface area contributed by atoms with Crippen LogP contribution in [0.25, 0.3) is 11.3 Å². The van der Waals surface area contributed by atoms with Crippen LogP contribution >= 0.6 is 0 Å². The molecule has 162 valence electrons. The molecule has 0 saturated carbocycles. The molecule has 3 aromatic rings. The second-order valence-electron chi connectivity index (χ2n) is 6.93. The average molecular weight is 433 g/mol. The summed E-state index contributed by atoms with van der Waals surface area (Å²) < 4.78 is 49.4. The third-order valence-corrected chi connectivity index (χ3v) is 4.86. The van der Waals surface area contributed by atoms with Gasteiger partial charge in [0.05, 0.1) is 37.7 Å². The molecule has 1 amide bonds. The van der Waals surface area contributed by atoms with Crippen LogP contribution in [0.1, 0.15) is 21.7 Å². The summed E-state index contributed by atoms with van der Waals surface area (Å²) in [5, 5.41) is 3.97. The summed E-state index contributed by atoms with van der Waals surface area (Å²) in [5.74, 6) is 0.555. The third kappa shape index (κ3) is 3.90. The highest BCUT2D eigenvalue weighted by molar-refractivity contribution is 6.09. The number of methoxy groups -OCH3 is 2. The summed E-state index contributed by atoms with van der Waals surface area (Å²) in [6, 6.07) is 6.49. The Morgan fingerprint density at radius 2 is 1.94 bits per heavy atom. The molecule has 0 radical (unpaired) electrons. The highest BCUT2D eigenvalue weighted by Gasteiger charge is 2.34. The first-order chi connectivity index (χ1) is 14.7. The van der Waals surface area contributed by atoms with E-state index in [4.69, 9.17) is 9.47 Å². The number of aryl methyl sites for hydroxylation is 1. The van der Waals surface area contributed by atoms with Crippen LogP contribution in [0, 0.1) is 6.92 Å². The van der Waals surface area contributed by atoms with Crippen molar-refractivity contribution in [2.75, 3.05) is 19.1 Å². The molecule has 0 spiro atoms. The SMILES string of the molecule is COc1cc(-c2ccc3c(n2)CN(c2cc(C)n(CC(F)(F)F)n2)C3=O)cnc1OC. The maximum Gasteiger partial charge on any atom is 0.408 e. The van der Waals surface area contributed by atoms with E-state index >= 15 is 0 Å². The van der Waals surface area contributed by atoms with Gasteiger partial charge in [0, 0.05) is 23.5 Å². The Labute approximate surface area is 175 Å². The largest absolute Gasteiger partial charge is 0.491 e. The van der Waals surface area contributed by atoms with Crippen molar-refractivity contribution in [2.45, 2.75) is 26.2 Å². The maximum absolute atomic E-state index is 12.8. The molecule has 0 bridgehead atoms. The quantitative estimate of drug-likeness (QED) is 0.614. The van der Waals surface area contributed by atoms with Gasteiger partial charge in [-0.2, -0.15) is 18.3 Å². The summed E-state index contributed by atoms with van der Waals surface area (Å²) in [6.07, 6.45) is -2.83. The van der Waals surface area contributed by atoms with E-state index in [-0.39, 0.29) is 18.3 Å². The zero-order valence-electron chi connectivity index (χ0n) is 16.9. The molecule has 0 aromatic carbocycles. The highest BCUT2D eigenvalue weighted by Crippen LogP contribution is 2.32. The Bertz CT molecular complexity index is 1160. The Hall–Kier alpha value is -3.63. The van der Waals surface area contributed by atoms with Crippen molar-refractivity contribution < 1.29 is 27.4 Å². The standard InChI is InChI=1S/C20H18F3N5O3/c1-11-6-17(26-28(11)10-20(21,22)23)27-9-15-13(19(27)29)4-5-14(25-15)12-7-16(30-2)18(31-3)24-8-12/h4-8H,9-10H2,1-3H3. The number of fused-ring (bicyclic) bond motifs is 1. The van der Waals surface area contributed by atoms with Gasteiger partial charge in [-0.1, -0.05) is 0 Å². The number of alkyl halides is 3. The van der Waals surface area contributed by atoms with Gasteiger partial charge in [-0.25, -0.2) is 4.98 Å². The van der Waals surface area contributed by atoms with Gasteiger partial charge in [0.1, 0.15) is 6.54 Å². The van der Waals surface area contributed by atoms with E-state index < -0.39 is 12.7 Å². The number of ether oxygens (including phenoxy) is 2. The van der Waals surface area contributed by atoms with Gasteiger partial charge in [0.15, 0.2) is 11.6 Å². The van der Waals surface area contributed by atoms with Gasteiger partial charge in [-0.3, -0.25) is 19.4 Å². The second kappa shape index (κ2) is 7.56. The molecular weight excluding hydrogens is 415 g/mol. The van der Waals surface area contributed by atoms with Gasteiger partial charge < -0.3 is 9.47 Å². The minimum atomic E-state index is -4.41. The molecule has 31 heavy (non-hydrogen) atoms. The smallest absolute Gasteiger partial charge is 0.408 e. The summed E-state index contributed by atoms with van der Waals surface area (Å²) in [6.45, 7) is 0.393. The third-order valence-electron chi connectivity index (χ3n) is 4.86. The van der Waals surface area contributed by atoms with Gasteiger partial charge in [0.2, 0.25) is 0 Å². The number of halogens is 3. The Morgan fingerprint density at radius 3 is 2.61 bits per heavy atom. The van der Waals surface area contributed by atoms with E-state index in [9.17, 15) is 18.0 Å². The van der Waals surface area contributed by atoms with Crippen molar-refractivity contribution in [3.63, 3.8) is 0 Å². The topological polar surface area (TPSA) is 82.4 Å². The maximum atomic E-state index is 12.8. The fraction of sp³-hybridized carbons (Fsp3) is 0.300. The molecule has 0 fully saturated rings. The molecule has 0 N–H and O–H groups in total. The number of nitrogens with zero attached hydrogens (tertiary/aromatic N) is 5. The van der Waals surface area contributed by atoms with Crippen LogP contribution in [-0.4, -0.2) is 46.1 Å². The zero-order chi connectivity index (χ0) is 22.3. The molecule has 1 aliphatic heterocycles. The predicted octanol–water partition coefficient (Wildman–Crippen LogP) is 3.39. The van der Waals surface area contributed by atoms with E-state index in [0.717, 1.165) is 4.68 Å². The van der Waals surface area contributed by atoms with Gasteiger partial charge in [-0.05, 0) is 25.1 Å². The van der Waals surface area contributed by atoms with Crippen LogP contribution < -0.4 is 14.4 Å². The van der Waals surface area contributed by atoms with Crippen LogP contribution in [0.3, 0.4) is 0 Å². The minimum Gasteiger partial charge on any atom is -0.491 e. The fourth-order valence-corrected chi connectivity index (χ4v) is 3.36. The van der Waals surface area contributed by atoms with Gasteiger partial charge in [-0.15, -0.1) is 0 Å². The number of anilines is 1. The normalized spacial score (nSPS) is 13.5. The molecule has 4 rings (SSSR count). The molecule has 0 atom stereocenters. The van der Waals surface area contributed by atoms with E-state index in [1.54, 1.807) is 24.4 Å². The molecule has 0 aliphatic carbocycles. The van der Waals surface area contributed by atoms with E-state index in [2.05, 4.69) is 15.1 Å². The van der Waals surface area contributed by atoms with E-state index in [1.165, 1.54) is 32.1 Å². The lowest BCUT2D eigenvalue weighted by molar-refractivity contribution is -0.142. The number of amides is 1. The fourth-order valence-electron chi connectivity index (χ4n) is 3.36. The lowest BCUT2D eigenvalue weighted by atomic mass is 10.1. The predicted molar refractivity (Wildman–Crippen MR) is 104 cm³/mol. The summed E-state index contributed by atoms with van der Waals surface area (Å²) >= 11 is 0. The number of hydrogen-bond acceptors (Lipinski definition) is 6. The molecular formula is C20H18F3N5O3. The Morgan fingerprint density at radius 1 is 1.16 bits per heavy atom. The van der Waals surface area contributed by atoms with Crippen molar-refractivity contribution >= 4 is 11.7 Å². The van der Waals surface area contributed by atoms with Crippen LogP contribution in [0.4, 0.5) is 19.0 Å². The van der Waals surface area contributed by atoms with Gasteiger partial charge in [0.25, 0.3) is 11.8 Å². The summed E-state index contributed by atoms with van der Waals surface area (Å²) in [5.41, 5.74) is 2.42. The van der Waals surface area contributed by atoms with Crippen LogP contribution in [-0.2, 0) is 13.1 Å². The number of carbonyl (C=O) groups is 1. The van der Waals surface area contributed by atoms with Crippen LogP contribution in [0.2, 0.25) is 0 Å². The first-order valence-corrected chi connectivity index (χ1v) is 9.21. The molecule has 8 nitrogen and oxygen atoms in total. The lowest BCUT2D eigenvalue weighted by Gasteiger charge is -2.11. The average Bonchev–Trinajstić information content (AvgIpc) is 3.25. The number of aromatic nitrogens is 4. The molecule has 0 saturated heterocycles. The Balaban J connectivity index is 1.63. The summed E-state index contributed by atoms with van der Waals surface area (Å²) in [7, 11) is 2.98. The van der Waals surface area contributed by atoms with Crippen molar-refractivity contribution in [2.24, 2.45) is 0 Å². The number of carbonyl (C=O) groups excluding carboxylic acids is 1. The van der Waals surface area contributed by atoms with Crippen molar-refractivity contribution in [3.05, 3.63) is 47.4 Å². The molecule has 1 aliphatic rings. The number of hydrogen-bond donors (Lipinski definition) is 0. The molecule has 3 aromatic heterocycles. The molecule has 11 heteroatoms. The van der Waals surface area contributed by atoms with Crippen molar-refractivity contribution in [1.82, 2.24) is 19.7 Å². The number of rotatable bonds is 5. The van der Waals surface area contributed by atoms with Crippen LogP contribution in [0.5, 0.6) is 11.6 Å². The Kier molecular flexibility index (Phi) is 5.03. The first kappa shape index (κ1) is 20.6. The lowest BCUT2D eigenvalue weighted by Crippen LogP contribution is -2.24. The highest BCUT2D eigenvalue weighted by atomic mass is 19.4. The second-order valence-corrected chi connectivity index (χ2v) is 6.93. The van der Waals surface area contributed by atoms with Crippen molar-refractivity contribution in [1.29, 1.82) is 0 Å². The van der Waals surface area contributed by atoms with E-state index in [1.807, 2.05) is 0 Å². The first-order valence-electron chi connectivity index (χ1n) is 9.21. The van der Waals surface area contributed by atoms with E-state index in [0.29, 0.717) is 39.8 Å². The minimum absolute atomic E-state index is 0.102. The van der Waals surface area contributed by atoms with Crippen molar-refractivity contribution in [3.8, 4) is 22.9 Å². The molecule has 4 heterocycles. The van der Waals surface area contributed by atoms with Gasteiger partial charge >= 0.3 is 6.18 Å². The monoisotopic (exact) mass is 433 g/mol. The zero-order valence-corrected chi connectivity index (χ0v) is 16.9. The summed E-state index contributed by atoms with van der Waals surface area (Å²) in [4.78, 5) is 22.9. The van der Waals surface area contributed by atoms with Crippen LogP contribution in [0.15, 0.2) is 30.5 Å².